The fourth-order valence-corrected chi connectivity index (χ4v) is 21.2. The quantitative estimate of drug-likeness (QED) is 0.185. The average molecular weight is 1630 g/mol. The number of para-hydroxylation sites is 4. The summed E-state index contributed by atoms with van der Waals surface area (Å²) in [7, 11) is 0. The summed E-state index contributed by atoms with van der Waals surface area (Å²) in [6, 6.07) is 119. The van der Waals surface area contributed by atoms with E-state index in [9.17, 15) is 0 Å². The molecule has 0 unspecified atom stereocenters. The normalized spacial score (nSPS) is 13.8. The van der Waals surface area contributed by atoms with Crippen molar-refractivity contribution in [2.24, 2.45) is 0 Å². The molecule has 2 spiro atoms. The van der Waals surface area contributed by atoms with Crippen LogP contribution in [0.4, 0.5) is 28.4 Å². The van der Waals surface area contributed by atoms with Crippen molar-refractivity contribution in [1.29, 1.82) is 0 Å². The van der Waals surface area contributed by atoms with Gasteiger partial charge < -0.3 is 27.9 Å². The molecule has 0 saturated carbocycles. The third-order valence-electron chi connectivity index (χ3n) is 26.4. The van der Waals surface area contributed by atoms with Crippen molar-refractivity contribution in [2.45, 2.75) is 116 Å². The number of hydrogen-bond acceptors (Lipinski definition) is 6. The second-order valence-electron chi connectivity index (χ2n) is 37.5. The van der Waals surface area contributed by atoms with Crippen molar-refractivity contribution in [3.8, 4) is 44.5 Å². The number of nitrogens with zero attached hydrogens (tertiary/aromatic N) is 1. The summed E-state index contributed by atoms with van der Waals surface area (Å²) >= 11 is 4.01. The van der Waals surface area contributed by atoms with Gasteiger partial charge in [-0.05, 0) is 208 Å². The topological polar surface area (TPSA) is 67.8 Å². The number of fused-ring (bicyclic) bond motifs is 36. The zero-order valence-electron chi connectivity index (χ0n) is 70.1. The number of rotatable bonds is 5. The maximum absolute atomic E-state index is 7.30. The molecule has 0 saturated heterocycles. The Balaban J connectivity index is 0.000000123. The summed E-state index contributed by atoms with van der Waals surface area (Å²) < 4.78 is 28.2. The lowest BCUT2D eigenvalue weighted by atomic mass is 9.70. The number of anilines is 5. The molecule has 0 radical (unpaired) electrons. The molecule has 16 aromatic carbocycles. The van der Waals surface area contributed by atoms with Crippen molar-refractivity contribution in [3.05, 3.63) is 399 Å². The first-order valence-corrected chi connectivity index (χ1v) is 43.2. The highest BCUT2D eigenvalue weighted by Crippen LogP contribution is 2.69. The van der Waals surface area contributed by atoms with Gasteiger partial charge in [0.05, 0.1) is 21.9 Å². The van der Waals surface area contributed by atoms with Gasteiger partial charge in [0, 0.05) is 87.2 Å². The predicted molar refractivity (Wildman–Crippen MR) is 508 cm³/mol. The Hall–Kier alpha value is -13.2. The molecule has 20 aromatic rings. The highest BCUT2D eigenvalue weighted by atomic mass is 79.9. The van der Waals surface area contributed by atoms with Gasteiger partial charge in [-0.25, -0.2) is 0 Å². The number of benzene rings is 16. The Kier molecular flexibility index (Phi) is 16.5. The molecule has 6 nitrogen and oxygen atoms in total. The van der Waals surface area contributed by atoms with Gasteiger partial charge in [-0.15, -0.1) is 0 Å². The van der Waals surface area contributed by atoms with Gasteiger partial charge >= 0.3 is 0 Å². The monoisotopic (exact) mass is 1630 g/mol. The molecule has 588 valence electrons. The fourth-order valence-electron chi connectivity index (χ4n) is 20.6. The average Bonchev–Trinajstić information content (AvgIpc) is 1.49. The fraction of sp³-hybridized carbons (Fsp3) is 0.158. The van der Waals surface area contributed by atoms with Crippen molar-refractivity contribution in [1.82, 2.24) is 0 Å². The number of halogens is 1. The van der Waals surface area contributed by atoms with Crippen LogP contribution in [0.1, 0.15) is 150 Å². The predicted octanol–water partition coefficient (Wildman–Crippen LogP) is 32.5. The molecular formula is C114H91BrN2O4. The second-order valence-corrected chi connectivity index (χ2v) is 38.4. The first-order chi connectivity index (χ1) is 58.5. The Bertz CT molecular complexity index is 7440. The van der Waals surface area contributed by atoms with E-state index in [0.717, 1.165) is 132 Å². The highest BCUT2D eigenvalue weighted by Gasteiger charge is 2.56. The standard InChI is InChI=1S/C57H45NO2.C37H19BrO2.C20H27N/c1-55(2,3)34-23-27-36(28-24-34)58(37-29-25-35(26-30-37)56(4,5)6)46-33-45-53(54-50(46)40-17-9-14-22-48(40)60-54)52-44(31-32-49-51(52)41-18-10-13-21-47(41)59-49)57(45)42-19-11-7-15-38(42)39-16-8-12-20-43(39)57;38-28-19-27-35(36-32(28)22-11-3-8-16-30(22)40-36)34-26(17-18-31-33(34)23-12-4-7-15-29(23)39-31)37(27)24-13-5-1-9-20(24)21-10-2-6-14-25(21)37;1-19(2,3)15-7-11-17(12-8-15)21-18-13-9-16(10-14-18)20(4,5)6/h7-33H,1-6H3;1-19H;7-14,21H,1-6H3. The smallest absolute Gasteiger partial charge is 0.145 e. The Morgan fingerprint density at radius 2 is 0.554 bits per heavy atom. The van der Waals surface area contributed by atoms with Crippen molar-refractivity contribution in [3.63, 3.8) is 0 Å². The van der Waals surface area contributed by atoms with E-state index in [0.29, 0.717) is 0 Å². The molecule has 0 bridgehead atoms. The van der Waals surface area contributed by atoms with E-state index >= 15 is 0 Å². The third-order valence-corrected chi connectivity index (χ3v) is 27.0. The molecule has 0 fully saturated rings. The van der Waals surface area contributed by atoms with Gasteiger partial charge in [-0.2, -0.15) is 0 Å². The van der Waals surface area contributed by atoms with E-state index in [1.54, 1.807) is 0 Å². The summed E-state index contributed by atoms with van der Waals surface area (Å²) in [6.45, 7) is 27.1. The Morgan fingerprint density at radius 3 is 0.917 bits per heavy atom. The van der Waals surface area contributed by atoms with Gasteiger partial charge in [0.15, 0.2) is 0 Å². The Labute approximate surface area is 713 Å². The van der Waals surface area contributed by atoms with E-state index in [1.807, 2.05) is 12.1 Å². The molecule has 7 heteroatoms. The van der Waals surface area contributed by atoms with Crippen LogP contribution in [0.5, 0.6) is 0 Å². The van der Waals surface area contributed by atoms with E-state index in [2.05, 4.69) is 425 Å². The maximum Gasteiger partial charge on any atom is 0.145 e. The maximum atomic E-state index is 7.30. The summed E-state index contributed by atoms with van der Waals surface area (Å²) in [5.41, 5.74) is 37.3. The van der Waals surface area contributed by atoms with Crippen LogP contribution in [0.25, 0.3) is 132 Å². The van der Waals surface area contributed by atoms with Crippen molar-refractivity contribution < 1.29 is 17.7 Å². The molecule has 0 aliphatic heterocycles. The molecule has 1 N–H and O–H groups in total. The van der Waals surface area contributed by atoms with Crippen LogP contribution in [0.3, 0.4) is 0 Å². The molecule has 4 heterocycles. The minimum Gasteiger partial charge on any atom is -0.456 e. The minimum absolute atomic E-state index is 0.0172. The summed E-state index contributed by atoms with van der Waals surface area (Å²) in [5.74, 6) is 0. The van der Waals surface area contributed by atoms with Gasteiger partial charge in [0.25, 0.3) is 0 Å². The summed E-state index contributed by atoms with van der Waals surface area (Å²) in [6.07, 6.45) is 0. The van der Waals surface area contributed by atoms with E-state index in [-0.39, 0.29) is 21.7 Å². The minimum atomic E-state index is -0.621. The lowest BCUT2D eigenvalue weighted by Gasteiger charge is -2.33. The van der Waals surface area contributed by atoms with Gasteiger partial charge in [-0.1, -0.05) is 330 Å². The summed E-state index contributed by atoms with van der Waals surface area (Å²) in [5, 5.41) is 12.4. The van der Waals surface area contributed by atoms with Crippen LogP contribution in [0.2, 0.25) is 0 Å². The van der Waals surface area contributed by atoms with Crippen LogP contribution in [-0.2, 0) is 32.5 Å². The first kappa shape index (κ1) is 74.1. The molecule has 24 rings (SSSR count). The number of hydrogen-bond donors (Lipinski definition) is 1. The van der Waals surface area contributed by atoms with Crippen LogP contribution in [0.15, 0.2) is 350 Å². The molecule has 0 amide bonds. The number of nitrogens with one attached hydrogen (secondary N) is 1. The largest absolute Gasteiger partial charge is 0.456 e. The molecule has 0 atom stereocenters. The van der Waals surface area contributed by atoms with Gasteiger partial charge in [-0.3, -0.25) is 0 Å². The van der Waals surface area contributed by atoms with Crippen molar-refractivity contribution in [2.75, 3.05) is 10.2 Å². The van der Waals surface area contributed by atoms with Crippen LogP contribution in [-0.4, -0.2) is 0 Å². The molecule has 4 aliphatic carbocycles. The molecule has 4 aliphatic rings. The van der Waals surface area contributed by atoms with E-state index in [4.69, 9.17) is 17.7 Å². The Morgan fingerprint density at radius 1 is 0.256 bits per heavy atom. The zero-order chi connectivity index (χ0) is 82.5. The molecule has 4 aromatic heterocycles. The van der Waals surface area contributed by atoms with Gasteiger partial charge in [0.2, 0.25) is 0 Å². The SMILES string of the molecule is Brc1cc2c(c3oc4ccccc4c13)-c1c(ccc3oc4ccccc4c13)C21c2ccccc2-c2ccccc21.CC(C)(C)c1ccc(N(c2ccc(C(C)(C)C)cc2)c2cc3c(c4oc5ccccc5c24)-c2c(ccc4oc5ccccc5c24)C32c3ccccc3-c3ccccc32)cc1.CC(C)(C)c1ccc(Nc2ccc(C(C)(C)C)cc2)cc1. The summed E-state index contributed by atoms with van der Waals surface area (Å²) in [4.78, 5) is 2.47. The van der Waals surface area contributed by atoms with Crippen molar-refractivity contribution >= 4 is 132 Å². The van der Waals surface area contributed by atoms with E-state index < -0.39 is 10.8 Å². The second kappa shape index (κ2) is 26.9. The lowest BCUT2D eigenvalue weighted by Crippen LogP contribution is -2.26. The lowest BCUT2D eigenvalue weighted by molar-refractivity contribution is 0.590. The highest BCUT2D eigenvalue weighted by molar-refractivity contribution is 9.10. The molecular weight excluding hydrogens is 1540 g/mol. The van der Waals surface area contributed by atoms with E-state index in [1.165, 1.54) is 100 Å². The van der Waals surface area contributed by atoms with Crippen LogP contribution >= 0.6 is 15.9 Å². The van der Waals surface area contributed by atoms with Crippen LogP contribution in [0, 0.1) is 0 Å². The third kappa shape index (κ3) is 11.1. The zero-order valence-corrected chi connectivity index (χ0v) is 71.7. The van der Waals surface area contributed by atoms with Crippen LogP contribution < -0.4 is 10.2 Å². The first-order valence-electron chi connectivity index (χ1n) is 42.4. The number of furan rings is 4. The molecule has 121 heavy (non-hydrogen) atoms. The van der Waals surface area contributed by atoms with Gasteiger partial charge in [0.1, 0.15) is 44.7 Å².